The molecular weight excluding hydrogens is 320 g/mol. The summed E-state index contributed by atoms with van der Waals surface area (Å²) in [6, 6.07) is 11.1. The Morgan fingerprint density at radius 3 is 2.65 bits per heavy atom. The summed E-state index contributed by atoms with van der Waals surface area (Å²) in [5.41, 5.74) is 13.9. The molecule has 0 radical (unpaired) electrons. The number of nitrogens with zero attached hydrogens (tertiary/aromatic N) is 3. The fourth-order valence-corrected chi connectivity index (χ4v) is 4.47. The van der Waals surface area contributed by atoms with Gasteiger partial charge in [0.05, 0.1) is 11.2 Å². The largest absolute Gasteiger partial charge is 0.369 e. The molecule has 3 aromatic rings. The van der Waals surface area contributed by atoms with Crippen molar-refractivity contribution in [3.63, 3.8) is 0 Å². The standard InChI is InChI=1S/C22H24N4/c23-17-9-12-26(14-17)22-18-3-1-2-4-20(18)25-21-6-5-16(13-19(21)22)15-7-10-24-11-8-15/h5-8,10-11,13,17H,1-4,9,12,14,23H2/t17-/m0/s1. The molecule has 0 spiro atoms. The molecule has 1 saturated heterocycles. The van der Waals surface area contributed by atoms with Crippen LogP contribution in [0.4, 0.5) is 5.69 Å². The maximum absolute atomic E-state index is 6.24. The Labute approximate surface area is 154 Å². The first-order valence-electron chi connectivity index (χ1n) is 9.66. The van der Waals surface area contributed by atoms with Gasteiger partial charge in [0, 0.05) is 42.6 Å². The highest BCUT2D eigenvalue weighted by molar-refractivity contribution is 5.97. The Morgan fingerprint density at radius 2 is 1.85 bits per heavy atom. The summed E-state index contributed by atoms with van der Waals surface area (Å²) in [6.45, 7) is 2.00. The molecule has 1 atom stereocenters. The van der Waals surface area contributed by atoms with Gasteiger partial charge in [-0.1, -0.05) is 6.07 Å². The van der Waals surface area contributed by atoms with Gasteiger partial charge in [-0.3, -0.25) is 9.97 Å². The highest BCUT2D eigenvalue weighted by atomic mass is 15.2. The van der Waals surface area contributed by atoms with Gasteiger partial charge < -0.3 is 10.6 Å². The van der Waals surface area contributed by atoms with Crippen LogP contribution in [0.1, 0.15) is 30.5 Å². The quantitative estimate of drug-likeness (QED) is 0.770. The summed E-state index contributed by atoms with van der Waals surface area (Å²) in [4.78, 5) is 11.7. The van der Waals surface area contributed by atoms with Gasteiger partial charge in [-0.15, -0.1) is 0 Å². The van der Waals surface area contributed by atoms with Gasteiger partial charge in [-0.05, 0) is 73.1 Å². The van der Waals surface area contributed by atoms with Gasteiger partial charge in [0.1, 0.15) is 0 Å². The van der Waals surface area contributed by atoms with E-state index >= 15 is 0 Å². The Kier molecular flexibility index (Phi) is 3.86. The van der Waals surface area contributed by atoms with Crippen LogP contribution < -0.4 is 10.6 Å². The van der Waals surface area contributed by atoms with Crippen molar-refractivity contribution in [3.05, 3.63) is 54.0 Å². The third-order valence-corrected chi connectivity index (χ3v) is 5.79. The van der Waals surface area contributed by atoms with E-state index in [2.05, 4.69) is 40.2 Å². The topological polar surface area (TPSA) is 55.0 Å². The maximum Gasteiger partial charge on any atom is 0.0726 e. The number of nitrogens with two attached hydrogens (primary N) is 1. The van der Waals surface area contributed by atoms with Crippen LogP contribution in [0.25, 0.3) is 22.0 Å². The van der Waals surface area contributed by atoms with Crippen molar-refractivity contribution in [2.75, 3.05) is 18.0 Å². The highest BCUT2D eigenvalue weighted by Gasteiger charge is 2.26. The van der Waals surface area contributed by atoms with Crippen molar-refractivity contribution in [1.29, 1.82) is 0 Å². The average Bonchev–Trinajstić information content (AvgIpc) is 3.12. The molecule has 1 aromatic carbocycles. The molecule has 4 nitrogen and oxygen atoms in total. The normalized spacial score (nSPS) is 19.7. The molecule has 1 fully saturated rings. The van der Waals surface area contributed by atoms with Gasteiger partial charge in [0.25, 0.3) is 0 Å². The lowest BCUT2D eigenvalue weighted by atomic mass is 9.91. The van der Waals surface area contributed by atoms with E-state index in [1.165, 1.54) is 46.3 Å². The van der Waals surface area contributed by atoms with Crippen LogP contribution in [0.3, 0.4) is 0 Å². The second-order valence-corrected chi connectivity index (χ2v) is 7.56. The van der Waals surface area contributed by atoms with Crippen LogP contribution in [0.15, 0.2) is 42.7 Å². The molecule has 0 amide bonds. The number of aromatic nitrogens is 2. The zero-order valence-electron chi connectivity index (χ0n) is 15.0. The van der Waals surface area contributed by atoms with E-state index in [1.807, 2.05) is 12.4 Å². The summed E-state index contributed by atoms with van der Waals surface area (Å²) in [6.07, 6.45) is 9.53. The van der Waals surface area contributed by atoms with Gasteiger partial charge in [-0.2, -0.15) is 0 Å². The molecule has 4 heteroatoms. The number of rotatable bonds is 2. The fourth-order valence-electron chi connectivity index (χ4n) is 4.47. The molecule has 132 valence electrons. The number of hydrogen-bond acceptors (Lipinski definition) is 4. The van der Waals surface area contributed by atoms with E-state index in [4.69, 9.17) is 10.7 Å². The van der Waals surface area contributed by atoms with E-state index in [9.17, 15) is 0 Å². The van der Waals surface area contributed by atoms with Crippen LogP contribution in [0, 0.1) is 0 Å². The average molecular weight is 344 g/mol. The molecular formula is C22H24N4. The third-order valence-electron chi connectivity index (χ3n) is 5.79. The summed E-state index contributed by atoms with van der Waals surface area (Å²) < 4.78 is 0. The monoisotopic (exact) mass is 344 g/mol. The summed E-state index contributed by atoms with van der Waals surface area (Å²) in [7, 11) is 0. The van der Waals surface area contributed by atoms with Crippen molar-refractivity contribution in [3.8, 4) is 11.1 Å². The maximum atomic E-state index is 6.24. The van der Waals surface area contributed by atoms with E-state index in [-0.39, 0.29) is 6.04 Å². The van der Waals surface area contributed by atoms with E-state index in [0.29, 0.717) is 0 Å². The minimum Gasteiger partial charge on any atom is -0.369 e. The third kappa shape index (κ3) is 2.65. The lowest BCUT2D eigenvalue weighted by Crippen LogP contribution is -2.28. The molecule has 1 aliphatic carbocycles. The first-order chi connectivity index (χ1) is 12.8. The van der Waals surface area contributed by atoms with Gasteiger partial charge in [-0.25, -0.2) is 0 Å². The molecule has 0 saturated carbocycles. The van der Waals surface area contributed by atoms with E-state index in [0.717, 1.165) is 37.9 Å². The molecule has 2 aromatic heterocycles. The molecule has 26 heavy (non-hydrogen) atoms. The first-order valence-corrected chi connectivity index (χ1v) is 9.66. The minimum absolute atomic E-state index is 0.279. The van der Waals surface area contributed by atoms with Crippen molar-refractivity contribution >= 4 is 16.6 Å². The van der Waals surface area contributed by atoms with E-state index < -0.39 is 0 Å². The Bertz CT molecular complexity index is 951. The van der Waals surface area contributed by atoms with Gasteiger partial charge in [0.2, 0.25) is 0 Å². The molecule has 2 N–H and O–H groups in total. The minimum atomic E-state index is 0.279. The van der Waals surface area contributed by atoms with Gasteiger partial charge >= 0.3 is 0 Å². The predicted octanol–water partition coefficient (Wildman–Crippen LogP) is 3.71. The van der Waals surface area contributed by atoms with Gasteiger partial charge in [0.15, 0.2) is 0 Å². The predicted molar refractivity (Wildman–Crippen MR) is 106 cm³/mol. The lowest BCUT2D eigenvalue weighted by molar-refractivity contribution is 0.668. The lowest BCUT2D eigenvalue weighted by Gasteiger charge is -2.28. The molecule has 1 aliphatic heterocycles. The van der Waals surface area contributed by atoms with Crippen molar-refractivity contribution in [2.24, 2.45) is 5.73 Å². The second-order valence-electron chi connectivity index (χ2n) is 7.56. The summed E-state index contributed by atoms with van der Waals surface area (Å²) in [5.74, 6) is 0. The van der Waals surface area contributed by atoms with E-state index in [1.54, 1.807) is 0 Å². The Balaban J connectivity index is 1.73. The van der Waals surface area contributed by atoms with Crippen LogP contribution in [0.5, 0.6) is 0 Å². The number of pyridine rings is 2. The molecule has 0 bridgehead atoms. The molecule has 3 heterocycles. The zero-order valence-corrected chi connectivity index (χ0v) is 15.0. The SMILES string of the molecule is N[C@H]1CCN(c2c3c(nc4ccc(-c5ccncc5)cc24)CCCC3)C1. The number of fused-ring (bicyclic) bond motifs is 2. The molecule has 2 aliphatic rings. The summed E-state index contributed by atoms with van der Waals surface area (Å²) in [5, 5.41) is 1.27. The zero-order chi connectivity index (χ0) is 17.5. The molecule has 0 unspecified atom stereocenters. The van der Waals surface area contributed by atoms with Crippen molar-refractivity contribution in [1.82, 2.24) is 9.97 Å². The number of aryl methyl sites for hydroxylation is 1. The number of anilines is 1. The Morgan fingerprint density at radius 1 is 1.00 bits per heavy atom. The van der Waals surface area contributed by atoms with Crippen molar-refractivity contribution in [2.45, 2.75) is 38.1 Å². The van der Waals surface area contributed by atoms with Crippen LogP contribution in [0.2, 0.25) is 0 Å². The number of benzene rings is 1. The molecule has 5 rings (SSSR count). The van der Waals surface area contributed by atoms with Crippen LogP contribution in [-0.4, -0.2) is 29.1 Å². The second kappa shape index (κ2) is 6.36. The fraction of sp³-hybridized carbons (Fsp3) is 0.364. The Hall–Kier alpha value is -2.46. The first kappa shape index (κ1) is 15.8. The highest BCUT2D eigenvalue weighted by Crippen LogP contribution is 2.38. The smallest absolute Gasteiger partial charge is 0.0726 e. The van der Waals surface area contributed by atoms with Crippen LogP contribution >= 0.6 is 0 Å². The van der Waals surface area contributed by atoms with Crippen LogP contribution in [-0.2, 0) is 12.8 Å². The number of hydrogen-bond donors (Lipinski definition) is 1. The summed E-state index contributed by atoms with van der Waals surface area (Å²) >= 11 is 0. The van der Waals surface area contributed by atoms with Crippen molar-refractivity contribution < 1.29 is 0 Å².